The van der Waals surface area contributed by atoms with Gasteiger partial charge >= 0.3 is 0 Å². The first-order valence-electron chi connectivity index (χ1n) is 4.94. The number of nitro groups is 1. The third-order valence-corrected chi connectivity index (χ3v) is 3.11. The molecule has 0 bridgehead atoms. The number of hydrogen-bond acceptors (Lipinski definition) is 6. The highest BCUT2D eigenvalue weighted by Gasteiger charge is 2.18. The molecule has 0 saturated carbocycles. The molecule has 1 aromatic carbocycles. The monoisotopic (exact) mass is 264 g/mol. The second-order valence-electron chi connectivity index (χ2n) is 3.40. The van der Waals surface area contributed by atoms with Gasteiger partial charge < -0.3 is 4.42 Å². The first-order valence-corrected chi connectivity index (χ1v) is 5.76. The van der Waals surface area contributed by atoms with E-state index in [-0.39, 0.29) is 11.5 Å². The Kier molecular flexibility index (Phi) is 3.42. The zero-order valence-electron chi connectivity index (χ0n) is 9.32. The van der Waals surface area contributed by atoms with Crippen molar-refractivity contribution in [3.8, 4) is 0 Å². The van der Waals surface area contributed by atoms with Crippen molar-refractivity contribution in [2.24, 2.45) is 0 Å². The maximum absolute atomic E-state index is 11.2. The predicted molar refractivity (Wildman–Crippen MR) is 63.7 cm³/mol. The van der Waals surface area contributed by atoms with Crippen molar-refractivity contribution < 1.29 is 14.1 Å². The standard InChI is InChI=1S/C11H8N2O4S/c1-7(14)8-2-3-10(9(6-8)13(15)16)18-11-12-4-5-17-11/h2-6H,1H3. The molecule has 0 atom stereocenters. The van der Waals surface area contributed by atoms with Crippen LogP contribution in [0.25, 0.3) is 0 Å². The lowest BCUT2D eigenvalue weighted by Gasteiger charge is -2.01. The number of carbonyl (C=O) groups is 1. The molecule has 0 fully saturated rings. The maximum Gasteiger partial charge on any atom is 0.284 e. The van der Waals surface area contributed by atoms with Crippen LogP contribution in [0.2, 0.25) is 0 Å². The summed E-state index contributed by atoms with van der Waals surface area (Å²) in [5.41, 5.74) is 0.171. The lowest BCUT2D eigenvalue weighted by atomic mass is 10.1. The second kappa shape index (κ2) is 5.01. The van der Waals surface area contributed by atoms with Crippen molar-refractivity contribution in [2.45, 2.75) is 17.0 Å². The summed E-state index contributed by atoms with van der Waals surface area (Å²) in [6, 6.07) is 4.32. The van der Waals surface area contributed by atoms with E-state index in [4.69, 9.17) is 4.42 Å². The van der Waals surface area contributed by atoms with Crippen LogP contribution in [-0.2, 0) is 0 Å². The van der Waals surface area contributed by atoms with Gasteiger partial charge in [-0.05, 0) is 30.8 Å². The first kappa shape index (κ1) is 12.3. The molecule has 0 aliphatic rings. The quantitative estimate of drug-likeness (QED) is 0.479. The van der Waals surface area contributed by atoms with Gasteiger partial charge in [-0.2, -0.15) is 0 Å². The minimum atomic E-state index is -0.530. The highest BCUT2D eigenvalue weighted by atomic mass is 32.2. The lowest BCUT2D eigenvalue weighted by molar-refractivity contribution is -0.387. The van der Waals surface area contributed by atoms with E-state index >= 15 is 0 Å². The van der Waals surface area contributed by atoms with E-state index in [0.717, 1.165) is 11.8 Å². The van der Waals surface area contributed by atoms with Crippen molar-refractivity contribution >= 4 is 23.2 Å². The van der Waals surface area contributed by atoms with E-state index in [1.165, 1.54) is 31.5 Å². The van der Waals surface area contributed by atoms with Crippen LogP contribution in [0, 0.1) is 10.1 Å². The second-order valence-corrected chi connectivity index (χ2v) is 4.39. The summed E-state index contributed by atoms with van der Waals surface area (Å²) in [7, 11) is 0. The van der Waals surface area contributed by atoms with Crippen LogP contribution in [0.15, 0.2) is 45.2 Å². The van der Waals surface area contributed by atoms with Crippen molar-refractivity contribution in [2.75, 3.05) is 0 Å². The van der Waals surface area contributed by atoms with E-state index in [1.807, 2.05) is 0 Å². The number of nitro benzene ring substituents is 1. The molecule has 92 valence electrons. The topological polar surface area (TPSA) is 86.2 Å². The molecule has 0 saturated heterocycles. The lowest BCUT2D eigenvalue weighted by Crippen LogP contribution is -1.96. The fourth-order valence-corrected chi connectivity index (χ4v) is 2.10. The molecule has 6 nitrogen and oxygen atoms in total. The highest BCUT2D eigenvalue weighted by Crippen LogP contribution is 2.34. The van der Waals surface area contributed by atoms with Crippen molar-refractivity contribution in [3.63, 3.8) is 0 Å². The van der Waals surface area contributed by atoms with Crippen molar-refractivity contribution in [1.29, 1.82) is 0 Å². The Morgan fingerprint density at radius 3 is 2.83 bits per heavy atom. The predicted octanol–water partition coefficient (Wildman–Crippen LogP) is 2.94. The van der Waals surface area contributed by atoms with Gasteiger partial charge in [0.2, 0.25) is 0 Å². The van der Waals surface area contributed by atoms with Crippen LogP contribution in [-0.4, -0.2) is 15.7 Å². The Morgan fingerprint density at radius 2 is 2.28 bits per heavy atom. The number of Topliss-reactive ketones (excluding diaryl/α,β-unsaturated/α-hetero) is 1. The summed E-state index contributed by atoms with van der Waals surface area (Å²) in [6.07, 6.45) is 2.84. The molecule has 1 aromatic heterocycles. The average Bonchev–Trinajstić information content (AvgIpc) is 2.81. The molecular weight excluding hydrogens is 256 g/mol. The number of nitrogens with zero attached hydrogens (tertiary/aromatic N) is 2. The van der Waals surface area contributed by atoms with Crippen LogP contribution in [0.4, 0.5) is 5.69 Å². The van der Waals surface area contributed by atoms with Gasteiger partial charge in [0.15, 0.2) is 5.78 Å². The van der Waals surface area contributed by atoms with Crippen molar-refractivity contribution in [1.82, 2.24) is 4.98 Å². The zero-order valence-corrected chi connectivity index (χ0v) is 10.1. The summed E-state index contributed by atoms with van der Waals surface area (Å²) in [5.74, 6) is -0.217. The van der Waals surface area contributed by atoms with Gasteiger partial charge in [0, 0.05) is 11.6 Å². The first-order chi connectivity index (χ1) is 8.58. The smallest absolute Gasteiger partial charge is 0.284 e. The number of oxazole rings is 1. The van der Waals surface area contributed by atoms with Gasteiger partial charge in [0.05, 0.1) is 16.0 Å². The van der Waals surface area contributed by atoms with E-state index in [1.54, 1.807) is 6.07 Å². The fraction of sp³-hybridized carbons (Fsp3) is 0.0909. The third-order valence-electron chi connectivity index (χ3n) is 2.17. The van der Waals surface area contributed by atoms with E-state index < -0.39 is 4.92 Å². The van der Waals surface area contributed by atoms with E-state index in [0.29, 0.717) is 15.7 Å². The summed E-state index contributed by atoms with van der Waals surface area (Å²) >= 11 is 1.04. The molecule has 2 aromatic rings. The van der Waals surface area contributed by atoms with Gasteiger partial charge in [0.1, 0.15) is 6.26 Å². The Balaban J connectivity index is 2.40. The molecule has 18 heavy (non-hydrogen) atoms. The molecular formula is C11H8N2O4S. The molecule has 7 heteroatoms. The molecule has 0 aliphatic carbocycles. The van der Waals surface area contributed by atoms with Crippen LogP contribution in [0.5, 0.6) is 0 Å². The Hall–Kier alpha value is -2.15. The van der Waals surface area contributed by atoms with Crippen LogP contribution in [0.1, 0.15) is 17.3 Å². The number of benzene rings is 1. The summed E-state index contributed by atoms with van der Waals surface area (Å²) in [4.78, 5) is 25.9. The molecule has 0 radical (unpaired) electrons. The maximum atomic E-state index is 11.2. The van der Waals surface area contributed by atoms with Crippen LogP contribution < -0.4 is 0 Å². The number of aromatic nitrogens is 1. The summed E-state index contributed by atoms with van der Waals surface area (Å²) in [6.45, 7) is 1.36. The van der Waals surface area contributed by atoms with Gasteiger partial charge in [-0.3, -0.25) is 14.9 Å². The largest absolute Gasteiger partial charge is 0.440 e. The third kappa shape index (κ3) is 2.57. The molecule has 1 heterocycles. The van der Waals surface area contributed by atoms with Gasteiger partial charge in [-0.15, -0.1) is 0 Å². The highest BCUT2D eigenvalue weighted by molar-refractivity contribution is 7.99. The number of rotatable bonds is 4. The number of carbonyl (C=O) groups excluding carboxylic acids is 1. The molecule has 0 N–H and O–H groups in total. The van der Waals surface area contributed by atoms with E-state index in [2.05, 4.69) is 4.98 Å². The Morgan fingerprint density at radius 1 is 1.50 bits per heavy atom. The normalized spacial score (nSPS) is 10.3. The number of hydrogen-bond donors (Lipinski definition) is 0. The minimum absolute atomic E-state index is 0.133. The minimum Gasteiger partial charge on any atom is -0.440 e. The van der Waals surface area contributed by atoms with Crippen LogP contribution in [0.3, 0.4) is 0 Å². The van der Waals surface area contributed by atoms with Crippen LogP contribution >= 0.6 is 11.8 Å². The molecule has 2 rings (SSSR count). The van der Waals surface area contributed by atoms with Gasteiger partial charge in [-0.25, -0.2) is 4.98 Å². The van der Waals surface area contributed by atoms with Gasteiger partial charge in [-0.1, -0.05) is 0 Å². The zero-order chi connectivity index (χ0) is 13.1. The Bertz CT molecular complexity index is 595. The van der Waals surface area contributed by atoms with Gasteiger partial charge in [0.25, 0.3) is 10.9 Å². The number of ketones is 1. The Labute approximate surface area is 106 Å². The van der Waals surface area contributed by atoms with E-state index in [9.17, 15) is 14.9 Å². The molecule has 0 amide bonds. The molecule has 0 spiro atoms. The SMILES string of the molecule is CC(=O)c1ccc(Sc2ncco2)c([N+](=O)[O-])c1. The van der Waals surface area contributed by atoms with Crippen molar-refractivity contribution in [3.05, 3.63) is 46.3 Å². The molecule has 0 aliphatic heterocycles. The molecule has 0 unspecified atom stereocenters. The fourth-order valence-electron chi connectivity index (χ4n) is 1.32. The summed E-state index contributed by atoms with van der Waals surface area (Å²) < 4.78 is 5.01. The average molecular weight is 264 g/mol. The summed E-state index contributed by atoms with van der Waals surface area (Å²) in [5, 5.41) is 11.3.